The van der Waals surface area contributed by atoms with Crippen LogP contribution in [-0.4, -0.2) is 101 Å². The lowest BCUT2D eigenvalue weighted by Crippen LogP contribution is -2.46. The smallest absolute Gasteiger partial charge is 0.410 e. The number of pyridine rings is 1. The van der Waals surface area contributed by atoms with E-state index in [4.69, 9.17) is 30.6 Å². The molecular weight excluding hydrogens is 666 g/mol. The molecule has 4 aliphatic heterocycles. The van der Waals surface area contributed by atoms with Gasteiger partial charge in [-0.2, -0.15) is 9.97 Å². The highest BCUT2D eigenvalue weighted by Crippen LogP contribution is 2.42. The highest BCUT2D eigenvalue weighted by atomic mass is 19.1. The van der Waals surface area contributed by atoms with Gasteiger partial charge in [0.1, 0.15) is 35.4 Å². The second-order valence-corrected chi connectivity index (χ2v) is 15.8. The topological polar surface area (TPSA) is 93.2 Å². The van der Waals surface area contributed by atoms with Crippen molar-refractivity contribution in [3.63, 3.8) is 0 Å². The molecule has 2 bridgehead atoms. The third kappa shape index (κ3) is 6.17. The van der Waals surface area contributed by atoms with Crippen LogP contribution >= 0.6 is 0 Å². The lowest BCUT2D eigenvalue weighted by atomic mass is 9.94. The van der Waals surface area contributed by atoms with Gasteiger partial charge >= 0.3 is 12.1 Å². The first kappa shape index (κ1) is 34.5. The van der Waals surface area contributed by atoms with Crippen molar-refractivity contribution in [1.29, 1.82) is 0 Å². The van der Waals surface area contributed by atoms with Crippen LogP contribution in [0.3, 0.4) is 0 Å². The second-order valence-electron chi connectivity index (χ2n) is 15.8. The quantitative estimate of drug-likeness (QED) is 0.199. The highest BCUT2D eigenvalue weighted by Gasteiger charge is 2.49. The number of likely N-dealkylation sites (tertiary alicyclic amines) is 1. The molecule has 6 heterocycles. The number of terminal acetylenes is 1. The number of anilines is 1. The molecule has 2 aromatic heterocycles. The zero-order valence-electron chi connectivity index (χ0n) is 30.1. The summed E-state index contributed by atoms with van der Waals surface area (Å²) < 4.78 is 49.4. The average molecular weight is 711 g/mol. The fourth-order valence-corrected chi connectivity index (χ4v) is 8.89. The van der Waals surface area contributed by atoms with Crippen molar-refractivity contribution >= 4 is 33.6 Å². The molecule has 0 aliphatic carbocycles. The Labute approximate surface area is 302 Å². The van der Waals surface area contributed by atoms with Gasteiger partial charge in [-0.1, -0.05) is 18.1 Å². The molecule has 2 aromatic carbocycles. The van der Waals surface area contributed by atoms with Crippen LogP contribution in [0.1, 0.15) is 57.6 Å². The van der Waals surface area contributed by atoms with Crippen LogP contribution in [0, 0.1) is 24.1 Å². The Hall–Kier alpha value is -4.60. The maximum atomic E-state index is 17.2. The fourth-order valence-electron chi connectivity index (χ4n) is 8.89. The normalized spacial score (nSPS) is 24.4. The van der Waals surface area contributed by atoms with Gasteiger partial charge in [-0.3, -0.25) is 9.88 Å². The van der Waals surface area contributed by atoms with E-state index in [1.54, 1.807) is 18.2 Å². The molecule has 12 heteroatoms. The third-order valence-electron chi connectivity index (χ3n) is 11.0. The van der Waals surface area contributed by atoms with Crippen molar-refractivity contribution in [2.75, 3.05) is 51.3 Å². The molecule has 10 nitrogen and oxygen atoms in total. The largest absolute Gasteiger partial charge is 0.461 e. The molecule has 8 rings (SSSR count). The SMILES string of the molecule is C#Cc1cccc2cc(COC)cc(-c3ncc4c(N5C[C@H]6C[C@@H](C5)N(C(=O)OC(C)(C)C)C6)nc(OC[C@@]56CCCN5C[C@H](F)C6)nc4c3F)c12. The molecule has 272 valence electrons. The Morgan fingerprint density at radius 3 is 2.79 bits per heavy atom. The fraction of sp³-hybridized carbons (Fsp3) is 0.500. The van der Waals surface area contributed by atoms with Gasteiger partial charge in [-0.15, -0.1) is 6.42 Å². The summed E-state index contributed by atoms with van der Waals surface area (Å²) in [5, 5.41) is 1.98. The first-order valence-electron chi connectivity index (χ1n) is 18.1. The van der Waals surface area contributed by atoms with E-state index in [0.717, 1.165) is 36.8 Å². The third-order valence-corrected chi connectivity index (χ3v) is 11.0. The molecule has 0 saturated carbocycles. The van der Waals surface area contributed by atoms with E-state index >= 15 is 4.39 Å². The number of aromatic nitrogens is 3. The average Bonchev–Trinajstić information content (AvgIpc) is 3.74. The van der Waals surface area contributed by atoms with Crippen LogP contribution < -0.4 is 9.64 Å². The van der Waals surface area contributed by atoms with Gasteiger partial charge in [0.15, 0.2) is 5.82 Å². The maximum absolute atomic E-state index is 17.2. The summed E-state index contributed by atoms with van der Waals surface area (Å²) in [7, 11) is 1.61. The van der Waals surface area contributed by atoms with Crippen molar-refractivity contribution < 1.29 is 27.8 Å². The molecule has 0 unspecified atom stereocenters. The number of amides is 1. The van der Waals surface area contributed by atoms with Crippen LogP contribution in [0.5, 0.6) is 6.01 Å². The summed E-state index contributed by atoms with van der Waals surface area (Å²) in [6, 6.07) is 9.39. The summed E-state index contributed by atoms with van der Waals surface area (Å²) in [6.45, 7) is 8.93. The van der Waals surface area contributed by atoms with Gasteiger partial charge in [-0.25, -0.2) is 13.6 Å². The summed E-state index contributed by atoms with van der Waals surface area (Å²) in [4.78, 5) is 33.5. The van der Waals surface area contributed by atoms with E-state index in [1.807, 2.05) is 51.1 Å². The number of nitrogens with zero attached hydrogens (tertiary/aromatic N) is 6. The van der Waals surface area contributed by atoms with Gasteiger partial charge in [-0.05, 0) is 81.6 Å². The Kier molecular flexibility index (Phi) is 8.70. The van der Waals surface area contributed by atoms with E-state index in [9.17, 15) is 9.18 Å². The zero-order chi connectivity index (χ0) is 36.4. The Morgan fingerprint density at radius 1 is 1.15 bits per heavy atom. The van der Waals surface area contributed by atoms with Crippen LogP contribution in [0.25, 0.3) is 32.9 Å². The van der Waals surface area contributed by atoms with Gasteiger partial charge < -0.3 is 24.0 Å². The Bertz CT molecular complexity index is 2100. The summed E-state index contributed by atoms with van der Waals surface area (Å²) >= 11 is 0. The molecule has 52 heavy (non-hydrogen) atoms. The van der Waals surface area contributed by atoms with Crippen LogP contribution in [0.15, 0.2) is 36.5 Å². The number of benzene rings is 2. The minimum Gasteiger partial charge on any atom is -0.461 e. The summed E-state index contributed by atoms with van der Waals surface area (Å²) in [5.41, 5.74) is 1.09. The van der Waals surface area contributed by atoms with Gasteiger partial charge in [0, 0.05) is 62.4 Å². The molecule has 0 N–H and O–H groups in total. The number of carbonyl (C=O) groups is 1. The van der Waals surface area contributed by atoms with E-state index in [1.165, 1.54) is 0 Å². The number of hydrogen-bond acceptors (Lipinski definition) is 9. The van der Waals surface area contributed by atoms with Gasteiger partial charge in [0.2, 0.25) is 0 Å². The number of methoxy groups -OCH3 is 1. The maximum Gasteiger partial charge on any atom is 0.410 e. The standard InChI is InChI=1S/C40H44F2N6O4/c1-6-26-9-7-10-27-13-24(22-50-5)15-30(32(26)27)34-33(42)35-31(17-43-34)36(45-37(44-35)51-23-40-11-8-12-47(40)20-28(41)16-40)46-18-25-14-29(21-46)48(19-25)38(49)52-39(2,3)4/h1,7,9-10,13,15,17,25,28-29H,8,11-12,14,16,18-23H2,2-5H3/t25-,28-,29+,40+/m1/s1. The zero-order valence-corrected chi connectivity index (χ0v) is 30.1. The number of alkyl halides is 1. The first-order valence-corrected chi connectivity index (χ1v) is 18.1. The van der Waals surface area contributed by atoms with Crippen molar-refractivity contribution in [2.45, 2.75) is 76.4 Å². The van der Waals surface area contributed by atoms with E-state index in [0.29, 0.717) is 66.9 Å². The minimum atomic E-state index is -0.920. The highest BCUT2D eigenvalue weighted by molar-refractivity contribution is 6.02. The minimum absolute atomic E-state index is 0.0197. The second kappa shape index (κ2) is 13.1. The van der Waals surface area contributed by atoms with Gasteiger partial charge in [0.05, 0.1) is 23.6 Å². The van der Waals surface area contributed by atoms with Crippen LogP contribution in [-0.2, 0) is 16.1 Å². The number of hydrogen-bond donors (Lipinski definition) is 0. The van der Waals surface area contributed by atoms with E-state index in [2.05, 4.69) is 20.7 Å². The van der Waals surface area contributed by atoms with Crippen LogP contribution in [0.2, 0.25) is 0 Å². The number of carbonyl (C=O) groups excluding carboxylic acids is 1. The van der Waals surface area contributed by atoms with Crippen molar-refractivity contribution in [3.05, 3.63) is 53.5 Å². The molecular formula is C40H44F2N6O4. The monoisotopic (exact) mass is 710 g/mol. The number of halogens is 2. The predicted molar refractivity (Wildman–Crippen MR) is 194 cm³/mol. The molecule has 4 aliphatic rings. The molecule has 0 radical (unpaired) electrons. The van der Waals surface area contributed by atoms with Crippen LogP contribution in [0.4, 0.5) is 19.4 Å². The van der Waals surface area contributed by atoms with Gasteiger partial charge in [0.25, 0.3) is 0 Å². The number of piperidine rings is 1. The Morgan fingerprint density at radius 2 is 2.00 bits per heavy atom. The molecule has 4 saturated heterocycles. The molecule has 4 atom stereocenters. The molecule has 4 fully saturated rings. The molecule has 4 aromatic rings. The number of ether oxygens (including phenoxy) is 3. The predicted octanol–water partition coefficient (Wildman–Crippen LogP) is 6.51. The number of rotatable bonds is 7. The summed E-state index contributed by atoms with van der Waals surface area (Å²) in [5.74, 6) is 2.77. The van der Waals surface area contributed by atoms with Crippen molar-refractivity contribution in [1.82, 2.24) is 24.8 Å². The van der Waals surface area contributed by atoms with Crippen molar-refractivity contribution in [3.8, 4) is 29.6 Å². The van der Waals surface area contributed by atoms with Crippen molar-refractivity contribution in [2.24, 2.45) is 5.92 Å². The summed E-state index contributed by atoms with van der Waals surface area (Å²) in [6.07, 6.45) is 9.29. The Balaban J connectivity index is 1.23. The lowest BCUT2D eigenvalue weighted by molar-refractivity contribution is 0.0233. The molecule has 0 spiro atoms. The molecule has 1 amide bonds. The van der Waals surface area contributed by atoms with E-state index < -0.39 is 23.1 Å². The lowest BCUT2D eigenvalue weighted by Gasteiger charge is -2.34. The first-order chi connectivity index (χ1) is 24.9. The van der Waals surface area contributed by atoms with E-state index in [-0.39, 0.29) is 41.9 Å². The number of fused-ring (bicyclic) bond motifs is 5.